The van der Waals surface area contributed by atoms with Gasteiger partial charge < -0.3 is 19.5 Å². The molecule has 0 saturated carbocycles. The predicted octanol–water partition coefficient (Wildman–Crippen LogP) is 4.21. The number of Topliss-reactive ketones (excluding diaryl/α,β-unsaturated/α-hetero) is 1. The van der Waals surface area contributed by atoms with Crippen molar-refractivity contribution in [1.29, 1.82) is 0 Å². The molecular weight excluding hydrogens is 481 g/mol. The van der Waals surface area contributed by atoms with Crippen LogP contribution < -0.4 is 5.32 Å². The third-order valence-electron chi connectivity index (χ3n) is 5.31. The van der Waals surface area contributed by atoms with E-state index in [-0.39, 0.29) is 35.7 Å². The van der Waals surface area contributed by atoms with E-state index in [9.17, 15) is 27.9 Å². The number of nitrogens with zero attached hydrogens (tertiary/aromatic N) is 3. The average molecular weight is 500 g/mol. The second-order valence-electron chi connectivity index (χ2n) is 7.69. The first kappa shape index (κ1) is 24.8. The fraction of sp³-hybridized carbons (Fsp3) is 0.208. The fourth-order valence-corrected chi connectivity index (χ4v) is 3.42. The number of aliphatic hydroxyl groups excluding tert-OH is 1. The quantitative estimate of drug-likeness (QED) is 0.368. The molecule has 2 aromatic heterocycles. The van der Waals surface area contributed by atoms with Gasteiger partial charge in [0.1, 0.15) is 17.4 Å². The summed E-state index contributed by atoms with van der Waals surface area (Å²) in [5, 5.41) is 19.9. The highest BCUT2D eigenvalue weighted by atomic mass is 19.4. The van der Waals surface area contributed by atoms with E-state index < -0.39 is 41.0 Å². The van der Waals surface area contributed by atoms with Crippen LogP contribution in [-0.4, -0.2) is 39.1 Å². The molecule has 4 rings (SSSR count). The van der Waals surface area contributed by atoms with Crippen LogP contribution in [0.15, 0.2) is 63.6 Å². The van der Waals surface area contributed by atoms with Gasteiger partial charge in [-0.3, -0.25) is 9.59 Å². The molecule has 9 nitrogen and oxygen atoms in total. The van der Waals surface area contributed by atoms with Gasteiger partial charge in [-0.25, -0.2) is 0 Å². The lowest BCUT2D eigenvalue weighted by atomic mass is 10.0. The Kier molecular flexibility index (Phi) is 6.97. The standard InChI is InChI=1S/C24H19F3N4O5/c1-28-17(33)12-11-16(32)20(34)14-7-9-15(10-8-14)22-29-23(36-31-22)21-18(24(25,26)27)19(30-35-21)13-5-3-2-4-6-13/h2-10,20,34H,11-12H2,1H3,(H,28,33). The monoisotopic (exact) mass is 500 g/mol. The highest BCUT2D eigenvalue weighted by Gasteiger charge is 2.43. The summed E-state index contributed by atoms with van der Waals surface area (Å²) in [7, 11) is 1.44. The number of hydrogen-bond acceptors (Lipinski definition) is 8. The number of alkyl halides is 3. The Balaban J connectivity index is 1.57. The molecule has 0 bridgehead atoms. The van der Waals surface area contributed by atoms with Crippen molar-refractivity contribution >= 4 is 11.7 Å². The molecule has 1 unspecified atom stereocenters. The molecule has 2 heterocycles. The molecule has 0 aliphatic rings. The molecule has 186 valence electrons. The number of nitrogens with one attached hydrogen (secondary N) is 1. The normalized spacial score (nSPS) is 12.4. The minimum atomic E-state index is -4.81. The van der Waals surface area contributed by atoms with Crippen LogP contribution in [0.2, 0.25) is 0 Å². The molecule has 4 aromatic rings. The number of benzene rings is 2. The van der Waals surface area contributed by atoms with E-state index in [1.807, 2.05) is 0 Å². The Bertz CT molecular complexity index is 1360. The number of aliphatic hydroxyl groups is 1. The van der Waals surface area contributed by atoms with Crippen molar-refractivity contribution in [2.24, 2.45) is 0 Å². The van der Waals surface area contributed by atoms with Crippen LogP contribution in [0.5, 0.6) is 0 Å². The van der Waals surface area contributed by atoms with E-state index in [2.05, 4.69) is 20.6 Å². The Labute approximate surface area is 201 Å². The highest BCUT2D eigenvalue weighted by molar-refractivity contribution is 5.88. The Hall–Kier alpha value is -4.32. The van der Waals surface area contributed by atoms with Crippen LogP contribution in [-0.2, 0) is 15.8 Å². The van der Waals surface area contributed by atoms with Gasteiger partial charge in [0.25, 0.3) is 5.89 Å². The Morgan fingerprint density at radius 2 is 1.67 bits per heavy atom. The first-order chi connectivity index (χ1) is 17.2. The summed E-state index contributed by atoms with van der Waals surface area (Å²) in [5.41, 5.74) is -0.713. The van der Waals surface area contributed by atoms with Crippen molar-refractivity contribution in [2.75, 3.05) is 7.05 Å². The third kappa shape index (κ3) is 5.18. The minimum absolute atomic E-state index is 0.0391. The maximum Gasteiger partial charge on any atom is 0.422 e. The SMILES string of the molecule is CNC(=O)CCC(=O)C(O)c1ccc(-c2noc(-c3onc(-c4ccccc4)c3C(F)(F)F)n2)cc1. The summed E-state index contributed by atoms with van der Waals surface area (Å²) >= 11 is 0. The summed E-state index contributed by atoms with van der Waals surface area (Å²) in [5.74, 6) is -2.13. The van der Waals surface area contributed by atoms with Gasteiger partial charge in [0.15, 0.2) is 5.78 Å². The number of carbonyl (C=O) groups excluding carboxylic acids is 2. The number of ketones is 1. The third-order valence-corrected chi connectivity index (χ3v) is 5.31. The van der Waals surface area contributed by atoms with Crippen molar-refractivity contribution in [1.82, 2.24) is 20.6 Å². The molecule has 0 saturated heterocycles. The van der Waals surface area contributed by atoms with Crippen LogP contribution >= 0.6 is 0 Å². The van der Waals surface area contributed by atoms with E-state index >= 15 is 0 Å². The smallest absolute Gasteiger partial charge is 0.381 e. The molecule has 12 heteroatoms. The van der Waals surface area contributed by atoms with Gasteiger partial charge in [0.2, 0.25) is 17.5 Å². The van der Waals surface area contributed by atoms with Crippen LogP contribution in [0.25, 0.3) is 34.3 Å². The molecular formula is C24H19F3N4O5. The second kappa shape index (κ2) is 10.1. The van der Waals surface area contributed by atoms with E-state index in [4.69, 9.17) is 9.05 Å². The molecule has 1 amide bonds. The zero-order valence-corrected chi connectivity index (χ0v) is 18.7. The zero-order chi connectivity index (χ0) is 25.9. The summed E-state index contributed by atoms with van der Waals surface area (Å²) in [6.07, 6.45) is -6.44. The van der Waals surface area contributed by atoms with Crippen LogP contribution in [0.4, 0.5) is 13.2 Å². The summed E-state index contributed by atoms with van der Waals surface area (Å²) in [4.78, 5) is 27.4. The highest BCUT2D eigenvalue weighted by Crippen LogP contribution is 2.43. The molecule has 0 spiro atoms. The average Bonchev–Trinajstić information content (AvgIpc) is 3.55. The fourth-order valence-electron chi connectivity index (χ4n) is 3.42. The van der Waals surface area contributed by atoms with Crippen LogP contribution in [0, 0.1) is 0 Å². The number of halogens is 3. The van der Waals surface area contributed by atoms with Crippen molar-refractivity contribution < 1.29 is 36.9 Å². The zero-order valence-electron chi connectivity index (χ0n) is 18.7. The van der Waals surface area contributed by atoms with Crippen LogP contribution in [0.1, 0.15) is 30.1 Å². The first-order valence-corrected chi connectivity index (χ1v) is 10.7. The topological polar surface area (TPSA) is 131 Å². The lowest BCUT2D eigenvalue weighted by Crippen LogP contribution is -2.20. The molecule has 0 aliphatic heterocycles. The predicted molar refractivity (Wildman–Crippen MR) is 119 cm³/mol. The second-order valence-corrected chi connectivity index (χ2v) is 7.69. The van der Waals surface area contributed by atoms with Crippen molar-refractivity contribution in [3.63, 3.8) is 0 Å². The van der Waals surface area contributed by atoms with E-state index in [1.54, 1.807) is 18.2 Å². The molecule has 2 N–H and O–H groups in total. The molecule has 0 radical (unpaired) electrons. The molecule has 1 atom stereocenters. The number of amides is 1. The van der Waals surface area contributed by atoms with Gasteiger partial charge in [-0.05, 0) is 5.56 Å². The number of aromatic nitrogens is 3. The number of rotatable bonds is 8. The van der Waals surface area contributed by atoms with E-state index in [0.29, 0.717) is 5.56 Å². The molecule has 36 heavy (non-hydrogen) atoms. The molecule has 2 aromatic carbocycles. The lowest BCUT2D eigenvalue weighted by Gasteiger charge is -2.10. The van der Waals surface area contributed by atoms with E-state index in [0.717, 1.165) is 0 Å². The van der Waals surface area contributed by atoms with Gasteiger partial charge in [-0.2, -0.15) is 18.2 Å². The first-order valence-electron chi connectivity index (χ1n) is 10.7. The number of hydrogen-bond donors (Lipinski definition) is 2. The van der Waals surface area contributed by atoms with Gasteiger partial charge in [0, 0.05) is 31.0 Å². The lowest BCUT2D eigenvalue weighted by molar-refractivity contribution is -0.137. The van der Waals surface area contributed by atoms with E-state index in [1.165, 1.54) is 43.4 Å². The van der Waals surface area contributed by atoms with Crippen molar-refractivity contribution in [3.8, 4) is 34.3 Å². The summed E-state index contributed by atoms with van der Waals surface area (Å²) in [6.45, 7) is 0. The van der Waals surface area contributed by atoms with Crippen molar-refractivity contribution in [3.05, 3.63) is 65.7 Å². The Morgan fingerprint density at radius 3 is 2.31 bits per heavy atom. The van der Waals surface area contributed by atoms with Gasteiger partial charge in [0.05, 0.1) is 0 Å². The summed E-state index contributed by atoms with van der Waals surface area (Å²) < 4.78 is 51.7. The maximum absolute atomic E-state index is 13.9. The molecule has 0 aliphatic carbocycles. The number of carbonyl (C=O) groups is 2. The summed E-state index contributed by atoms with van der Waals surface area (Å²) in [6, 6.07) is 13.6. The van der Waals surface area contributed by atoms with Gasteiger partial charge >= 0.3 is 6.18 Å². The van der Waals surface area contributed by atoms with Crippen LogP contribution in [0.3, 0.4) is 0 Å². The Morgan fingerprint density at radius 1 is 0.972 bits per heavy atom. The minimum Gasteiger partial charge on any atom is -0.381 e. The largest absolute Gasteiger partial charge is 0.422 e. The van der Waals surface area contributed by atoms with Crippen molar-refractivity contribution in [2.45, 2.75) is 25.1 Å². The maximum atomic E-state index is 13.9. The molecule has 0 fully saturated rings. The van der Waals surface area contributed by atoms with Gasteiger partial charge in [-0.15, -0.1) is 0 Å². The van der Waals surface area contributed by atoms with Gasteiger partial charge in [-0.1, -0.05) is 64.9 Å².